The van der Waals surface area contributed by atoms with Crippen LogP contribution < -0.4 is 11.1 Å². The zero-order chi connectivity index (χ0) is 10.8. The van der Waals surface area contributed by atoms with Crippen molar-refractivity contribution in [3.05, 3.63) is 5.82 Å². The fraction of sp³-hybridized carbons (Fsp3) is 0.625. The molecule has 0 aliphatic heterocycles. The molecule has 0 fully saturated rings. The molecule has 78 valence electrons. The molecular formula is C8H14N4O2. The van der Waals surface area contributed by atoms with E-state index in [9.17, 15) is 4.79 Å². The van der Waals surface area contributed by atoms with Gasteiger partial charge in [0.05, 0.1) is 5.41 Å². The Labute approximate surface area is 81.9 Å². The Morgan fingerprint density at radius 2 is 2.29 bits per heavy atom. The molecule has 1 amide bonds. The van der Waals surface area contributed by atoms with E-state index in [0.717, 1.165) is 0 Å². The van der Waals surface area contributed by atoms with Gasteiger partial charge in [-0.25, -0.2) is 0 Å². The smallest absolute Gasteiger partial charge is 0.328 e. The third-order valence-corrected chi connectivity index (χ3v) is 1.87. The number of carbonyl (C=O) groups is 1. The average Bonchev–Trinajstić information content (AvgIpc) is 2.51. The van der Waals surface area contributed by atoms with E-state index in [1.807, 2.05) is 0 Å². The predicted octanol–water partition coefficient (Wildman–Crippen LogP) is 0.301. The summed E-state index contributed by atoms with van der Waals surface area (Å²) in [6, 6.07) is 0.106. The molecule has 0 radical (unpaired) electrons. The Morgan fingerprint density at radius 3 is 2.71 bits per heavy atom. The third kappa shape index (κ3) is 2.29. The minimum Gasteiger partial charge on any atom is -0.329 e. The highest BCUT2D eigenvalue weighted by Crippen LogP contribution is 2.15. The van der Waals surface area contributed by atoms with Crippen molar-refractivity contribution >= 4 is 11.9 Å². The van der Waals surface area contributed by atoms with Gasteiger partial charge in [0, 0.05) is 6.54 Å². The molecule has 1 heterocycles. The summed E-state index contributed by atoms with van der Waals surface area (Å²) in [5.74, 6) is 0.245. The van der Waals surface area contributed by atoms with Crippen LogP contribution in [0.15, 0.2) is 4.52 Å². The first-order chi connectivity index (χ1) is 6.45. The van der Waals surface area contributed by atoms with Crippen molar-refractivity contribution in [1.82, 2.24) is 10.1 Å². The van der Waals surface area contributed by atoms with Crippen LogP contribution in [0.5, 0.6) is 0 Å². The van der Waals surface area contributed by atoms with Crippen LogP contribution >= 0.6 is 0 Å². The van der Waals surface area contributed by atoms with Gasteiger partial charge in [-0.05, 0) is 20.8 Å². The molecule has 0 atom stereocenters. The molecule has 0 unspecified atom stereocenters. The topological polar surface area (TPSA) is 94.0 Å². The van der Waals surface area contributed by atoms with Crippen LogP contribution in [0.1, 0.15) is 19.7 Å². The Kier molecular flexibility index (Phi) is 2.85. The van der Waals surface area contributed by atoms with Crippen molar-refractivity contribution in [2.45, 2.75) is 20.8 Å². The van der Waals surface area contributed by atoms with E-state index in [0.29, 0.717) is 5.82 Å². The lowest BCUT2D eigenvalue weighted by Gasteiger charge is -2.19. The SMILES string of the molecule is Cc1noc(NC(=O)C(C)(C)CN)n1. The number of anilines is 1. The number of amides is 1. The van der Waals surface area contributed by atoms with E-state index in [1.165, 1.54) is 0 Å². The molecule has 3 N–H and O–H groups in total. The summed E-state index contributed by atoms with van der Waals surface area (Å²) in [4.78, 5) is 15.4. The maximum absolute atomic E-state index is 11.6. The fourth-order valence-electron chi connectivity index (χ4n) is 0.707. The van der Waals surface area contributed by atoms with Gasteiger partial charge in [-0.15, -0.1) is 0 Å². The van der Waals surface area contributed by atoms with Gasteiger partial charge in [-0.3, -0.25) is 10.1 Å². The van der Waals surface area contributed by atoms with Crippen LogP contribution in [-0.4, -0.2) is 22.6 Å². The first-order valence-electron chi connectivity index (χ1n) is 4.27. The van der Waals surface area contributed by atoms with Gasteiger partial charge in [0.2, 0.25) is 5.91 Å². The molecule has 0 bridgehead atoms. The van der Waals surface area contributed by atoms with Crippen LogP contribution in [0.3, 0.4) is 0 Å². The second-order valence-corrected chi connectivity index (χ2v) is 3.69. The Morgan fingerprint density at radius 1 is 1.64 bits per heavy atom. The molecule has 6 heteroatoms. The summed E-state index contributed by atoms with van der Waals surface area (Å²) in [5.41, 5.74) is 4.80. The molecular weight excluding hydrogens is 184 g/mol. The van der Waals surface area contributed by atoms with Gasteiger partial charge < -0.3 is 10.3 Å². The molecule has 0 spiro atoms. The highest BCUT2D eigenvalue weighted by molar-refractivity contribution is 5.93. The molecule has 6 nitrogen and oxygen atoms in total. The summed E-state index contributed by atoms with van der Waals surface area (Å²) in [6.07, 6.45) is 0. The van der Waals surface area contributed by atoms with Gasteiger partial charge in [-0.1, -0.05) is 5.16 Å². The molecule has 1 rings (SSSR count). The van der Waals surface area contributed by atoms with Crippen molar-refractivity contribution < 1.29 is 9.32 Å². The number of aryl methyl sites for hydroxylation is 1. The minimum atomic E-state index is -0.637. The van der Waals surface area contributed by atoms with Gasteiger partial charge in [0.15, 0.2) is 5.82 Å². The number of hydrogen-bond donors (Lipinski definition) is 2. The summed E-state index contributed by atoms with van der Waals surface area (Å²) in [6.45, 7) is 5.41. The molecule has 0 aromatic carbocycles. The Balaban J connectivity index is 2.66. The standard InChI is InChI=1S/C8H14N4O2/c1-5-10-7(14-12-5)11-6(13)8(2,3)4-9/h4,9H2,1-3H3,(H,10,11,12,13). The molecule has 0 aliphatic rings. The lowest BCUT2D eigenvalue weighted by Crippen LogP contribution is -2.37. The van der Waals surface area contributed by atoms with Crippen LogP contribution in [0.4, 0.5) is 6.01 Å². The van der Waals surface area contributed by atoms with Gasteiger partial charge >= 0.3 is 6.01 Å². The lowest BCUT2D eigenvalue weighted by molar-refractivity contribution is -0.123. The quantitative estimate of drug-likeness (QED) is 0.728. The summed E-state index contributed by atoms with van der Waals surface area (Å²) >= 11 is 0. The zero-order valence-corrected chi connectivity index (χ0v) is 8.50. The molecule has 0 saturated heterocycles. The zero-order valence-electron chi connectivity index (χ0n) is 8.50. The second-order valence-electron chi connectivity index (χ2n) is 3.69. The Bertz CT molecular complexity index is 332. The number of nitrogens with two attached hydrogens (primary N) is 1. The molecule has 0 aliphatic carbocycles. The minimum absolute atomic E-state index is 0.106. The largest absolute Gasteiger partial charge is 0.329 e. The van der Waals surface area contributed by atoms with E-state index >= 15 is 0 Å². The predicted molar refractivity (Wildman–Crippen MR) is 50.5 cm³/mol. The van der Waals surface area contributed by atoms with Gasteiger partial charge in [0.25, 0.3) is 0 Å². The first-order valence-corrected chi connectivity index (χ1v) is 4.27. The van der Waals surface area contributed by atoms with E-state index < -0.39 is 5.41 Å². The Hall–Kier alpha value is -1.43. The second kappa shape index (κ2) is 3.75. The van der Waals surface area contributed by atoms with Crippen LogP contribution in [0, 0.1) is 12.3 Å². The van der Waals surface area contributed by atoms with Crippen LogP contribution in [-0.2, 0) is 4.79 Å². The van der Waals surface area contributed by atoms with Crippen LogP contribution in [0.2, 0.25) is 0 Å². The highest BCUT2D eigenvalue weighted by atomic mass is 16.5. The summed E-state index contributed by atoms with van der Waals surface area (Å²) in [5, 5.41) is 6.04. The number of nitrogens with zero attached hydrogens (tertiary/aromatic N) is 2. The molecule has 14 heavy (non-hydrogen) atoms. The highest BCUT2D eigenvalue weighted by Gasteiger charge is 2.27. The normalized spacial score (nSPS) is 11.4. The first kappa shape index (κ1) is 10.6. The van der Waals surface area contributed by atoms with Crippen molar-refractivity contribution in [2.75, 3.05) is 11.9 Å². The monoisotopic (exact) mass is 198 g/mol. The maximum Gasteiger partial charge on any atom is 0.328 e. The summed E-state index contributed by atoms with van der Waals surface area (Å²) < 4.78 is 4.74. The van der Waals surface area contributed by atoms with Crippen molar-refractivity contribution in [2.24, 2.45) is 11.1 Å². The number of aromatic nitrogens is 2. The summed E-state index contributed by atoms with van der Waals surface area (Å²) in [7, 11) is 0. The van der Waals surface area contributed by atoms with E-state index in [1.54, 1.807) is 20.8 Å². The lowest BCUT2D eigenvalue weighted by atomic mass is 9.93. The third-order valence-electron chi connectivity index (χ3n) is 1.87. The number of hydrogen-bond acceptors (Lipinski definition) is 5. The number of rotatable bonds is 3. The molecule has 0 saturated carbocycles. The van der Waals surface area contributed by atoms with Gasteiger partial charge in [0.1, 0.15) is 0 Å². The van der Waals surface area contributed by atoms with E-state index in [4.69, 9.17) is 10.3 Å². The average molecular weight is 198 g/mol. The van der Waals surface area contributed by atoms with Crippen molar-refractivity contribution in [1.29, 1.82) is 0 Å². The van der Waals surface area contributed by atoms with Crippen LogP contribution in [0.25, 0.3) is 0 Å². The van der Waals surface area contributed by atoms with E-state index in [2.05, 4.69) is 15.5 Å². The fourth-order valence-corrected chi connectivity index (χ4v) is 0.707. The number of nitrogens with one attached hydrogen (secondary N) is 1. The number of carbonyl (C=O) groups excluding carboxylic acids is 1. The van der Waals surface area contributed by atoms with Crippen molar-refractivity contribution in [3.63, 3.8) is 0 Å². The maximum atomic E-state index is 11.6. The van der Waals surface area contributed by atoms with Gasteiger partial charge in [-0.2, -0.15) is 4.98 Å². The molecule has 1 aromatic rings. The van der Waals surface area contributed by atoms with E-state index in [-0.39, 0.29) is 18.5 Å². The van der Waals surface area contributed by atoms with Crippen molar-refractivity contribution in [3.8, 4) is 0 Å². The molecule has 1 aromatic heterocycles.